The smallest absolute Gasteiger partial charge is 0.0654 e. The highest BCUT2D eigenvalue weighted by atomic mass is 28.5. The van der Waals surface area contributed by atoms with E-state index < -0.39 is 32.3 Å². The molecule has 2 aromatic rings. The lowest BCUT2D eigenvalue weighted by Gasteiger charge is -2.51. The van der Waals surface area contributed by atoms with Gasteiger partial charge in [0.2, 0.25) is 0 Å². The van der Waals surface area contributed by atoms with Gasteiger partial charge in [-0.1, -0.05) is 134 Å². The summed E-state index contributed by atoms with van der Waals surface area (Å²) in [4.78, 5) is 0. The van der Waals surface area contributed by atoms with E-state index in [9.17, 15) is 0 Å². The van der Waals surface area contributed by atoms with Crippen LogP contribution in [-0.2, 0) is 0 Å². The van der Waals surface area contributed by atoms with Crippen molar-refractivity contribution in [1.29, 1.82) is 0 Å². The summed E-state index contributed by atoms with van der Waals surface area (Å²) >= 11 is 0. The van der Waals surface area contributed by atoms with Crippen LogP contribution in [-0.4, -0.2) is 41.8 Å². The zero-order valence-electron chi connectivity index (χ0n) is 19.5. The fourth-order valence-electron chi connectivity index (χ4n) is 8.37. The average Bonchev–Trinajstić information content (AvgIpc) is 3.21. The molecule has 2 radical (unpaired) electrons. The Morgan fingerprint density at radius 1 is 0.517 bits per heavy atom. The molecule has 0 bridgehead atoms. The first-order valence-corrected chi connectivity index (χ1v) is 24.4. The SMILES string of the molecule is C[Si]1(C)c2ccccc2[Si](C)(C)C12CCC1([Si]2)[Si](C)(C)c2ccccc2[Si]1(C)C. The topological polar surface area (TPSA) is 0 Å². The Kier molecular flexibility index (Phi) is 3.98. The molecule has 3 aliphatic heterocycles. The molecular formula is C24H36Si5. The van der Waals surface area contributed by atoms with Crippen LogP contribution in [0.1, 0.15) is 12.8 Å². The molecule has 2 aromatic carbocycles. The molecule has 5 heteroatoms. The molecule has 0 aromatic heterocycles. The zero-order valence-corrected chi connectivity index (χ0v) is 24.5. The van der Waals surface area contributed by atoms with E-state index in [4.69, 9.17) is 0 Å². The summed E-state index contributed by atoms with van der Waals surface area (Å²) in [6.45, 7) is 22.0. The van der Waals surface area contributed by atoms with Gasteiger partial charge in [-0.05, 0) is 8.57 Å². The third-order valence-corrected chi connectivity index (χ3v) is 45.1. The first kappa shape index (κ1) is 20.4. The summed E-state index contributed by atoms with van der Waals surface area (Å²) in [5.74, 6) is 0. The molecule has 1 saturated heterocycles. The fraction of sp³-hybridized carbons (Fsp3) is 0.500. The molecule has 5 rings (SSSR count). The van der Waals surface area contributed by atoms with Gasteiger partial charge in [-0.2, -0.15) is 0 Å². The molecule has 0 N–H and O–H groups in total. The third kappa shape index (κ3) is 2.01. The first-order valence-electron chi connectivity index (χ1n) is 11.4. The summed E-state index contributed by atoms with van der Waals surface area (Å²) in [5, 5.41) is 7.32. The van der Waals surface area contributed by atoms with E-state index in [1.165, 1.54) is 22.4 Å². The van der Waals surface area contributed by atoms with Gasteiger partial charge in [-0.25, -0.2) is 0 Å². The van der Waals surface area contributed by atoms with E-state index in [-0.39, 0.29) is 0 Å². The molecule has 0 atom stereocenters. The van der Waals surface area contributed by atoms with Crippen LogP contribution in [0.15, 0.2) is 48.5 Å². The van der Waals surface area contributed by atoms with Crippen molar-refractivity contribution in [2.75, 3.05) is 0 Å². The maximum absolute atomic E-state index is 2.75. The highest BCUT2D eigenvalue weighted by Gasteiger charge is 2.75. The Bertz CT molecular complexity index is 866. The minimum Gasteiger partial charge on any atom is -0.0654 e. The van der Waals surface area contributed by atoms with E-state index in [1.54, 1.807) is 0 Å². The second kappa shape index (κ2) is 5.65. The molecule has 1 fully saturated rings. The highest BCUT2D eigenvalue weighted by molar-refractivity contribution is 7.30. The molecule has 0 amide bonds. The van der Waals surface area contributed by atoms with Gasteiger partial charge in [-0.15, -0.1) is 0 Å². The van der Waals surface area contributed by atoms with Gasteiger partial charge >= 0.3 is 0 Å². The van der Waals surface area contributed by atoms with Crippen molar-refractivity contribution in [3.63, 3.8) is 0 Å². The Morgan fingerprint density at radius 2 is 0.759 bits per heavy atom. The molecule has 3 heterocycles. The summed E-state index contributed by atoms with van der Waals surface area (Å²) < 4.78 is 1.33. The van der Waals surface area contributed by atoms with Gasteiger partial charge in [0.25, 0.3) is 0 Å². The lowest BCUT2D eigenvalue weighted by atomic mass is 10.4. The number of fused-ring (bicyclic) bond motifs is 2. The Balaban J connectivity index is 1.73. The van der Waals surface area contributed by atoms with Crippen molar-refractivity contribution >= 4 is 62.6 Å². The van der Waals surface area contributed by atoms with Crippen LogP contribution in [0, 0.1) is 0 Å². The number of rotatable bonds is 0. The van der Waals surface area contributed by atoms with Crippen molar-refractivity contribution in [1.82, 2.24) is 0 Å². The van der Waals surface area contributed by atoms with Crippen molar-refractivity contribution in [2.45, 2.75) is 73.8 Å². The maximum Gasteiger partial charge on any atom is 0.0813 e. The van der Waals surface area contributed by atoms with Gasteiger partial charge < -0.3 is 0 Å². The first-order chi connectivity index (χ1) is 13.4. The highest BCUT2D eigenvalue weighted by Crippen LogP contribution is 2.68. The Morgan fingerprint density at radius 3 is 1.00 bits per heavy atom. The number of hydrogen-bond donors (Lipinski definition) is 0. The molecule has 0 unspecified atom stereocenters. The van der Waals surface area contributed by atoms with Crippen LogP contribution >= 0.6 is 0 Å². The predicted octanol–water partition coefficient (Wildman–Crippen LogP) is 4.05. The summed E-state index contributed by atoms with van der Waals surface area (Å²) in [7, 11) is -4.87. The number of benzene rings is 2. The quantitative estimate of drug-likeness (QED) is 0.516. The van der Waals surface area contributed by atoms with Crippen LogP contribution in [0.2, 0.25) is 60.9 Å². The fourth-order valence-corrected chi connectivity index (χ4v) is 48.1. The van der Waals surface area contributed by atoms with Crippen LogP contribution in [0.5, 0.6) is 0 Å². The van der Waals surface area contributed by atoms with Crippen molar-refractivity contribution < 1.29 is 0 Å². The van der Waals surface area contributed by atoms with E-state index in [1.807, 2.05) is 20.7 Å². The lowest BCUT2D eigenvalue weighted by Crippen LogP contribution is -2.63. The molecule has 2 spiro atoms. The molecular weight excluding hydrogens is 429 g/mol. The molecule has 0 nitrogen and oxygen atoms in total. The Hall–Kier alpha value is -0.476. The zero-order chi connectivity index (χ0) is 21.1. The van der Waals surface area contributed by atoms with E-state index in [0.717, 1.165) is 0 Å². The lowest BCUT2D eigenvalue weighted by molar-refractivity contribution is 0.776. The van der Waals surface area contributed by atoms with Gasteiger partial charge in [0, 0.05) is 9.52 Å². The largest absolute Gasteiger partial charge is 0.0813 e. The van der Waals surface area contributed by atoms with E-state index in [2.05, 4.69) is 101 Å². The summed E-state index contributed by atoms with van der Waals surface area (Å²) in [6, 6.07) is 19.5. The van der Waals surface area contributed by atoms with Gasteiger partial charge in [0.05, 0.1) is 32.3 Å². The molecule has 0 aliphatic carbocycles. The molecule has 0 saturated carbocycles. The van der Waals surface area contributed by atoms with E-state index >= 15 is 0 Å². The van der Waals surface area contributed by atoms with Gasteiger partial charge in [-0.3, -0.25) is 0 Å². The number of hydrogen-bond acceptors (Lipinski definition) is 0. The van der Waals surface area contributed by atoms with Crippen LogP contribution < -0.4 is 20.7 Å². The monoisotopic (exact) mass is 464 g/mol. The standard InChI is InChI=1S/C24H36Si5/c1-26(2)19-13-9-10-14-20(19)27(3,4)23(26)17-18-24(25-23)28(5,6)21-15-11-12-16-22(21)29(24,7)8/h9-16H,17-18H2,1-8H3. The third-order valence-electron chi connectivity index (χ3n) is 10.1. The molecule has 152 valence electrons. The molecule has 29 heavy (non-hydrogen) atoms. The second-order valence-corrected chi connectivity index (χ2v) is 35.6. The van der Waals surface area contributed by atoms with Crippen molar-refractivity contribution in [2.24, 2.45) is 0 Å². The van der Waals surface area contributed by atoms with Crippen molar-refractivity contribution in [3.8, 4) is 0 Å². The van der Waals surface area contributed by atoms with Gasteiger partial charge in [0.1, 0.15) is 0 Å². The minimum atomic E-state index is -1.52. The van der Waals surface area contributed by atoms with E-state index in [0.29, 0.717) is 8.57 Å². The maximum atomic E-state index is 2.75. The summed E-state index contributed by atoms with van der Waals surface area (Å²) in [5.41, 5.74) is 0. The molecule has 3 aliphatic rings. The normalized spacial score (nSPS) is 27.9. The Labute approximate surface area is 184 Å². The van der Waals surface area contributed by atoms with Crippen molar-refractivity contribution in [3.05, 3.63) is 48.5 Å². The minimum absolute atomic E-state index is 0.667. The summed E-state index contributed by atoms with van der Waals surface area (Å²) in [6.07, 6.45) is 3.05. The predicted molar refractivity (Wildman–Crippen MR) is 142 cm³/mol. The van der Waals surface area contributed by atoms with Gasteiger partial charge in [0.15, 0.2) is 0 Å². The van der Waals surface area contributed by atoms with Crippen LogP contribution in [0.4, 0.5) is 0 Å². The average molecular weight is 465 g/mol. The van der Waals surface area contributed by atoms with Crippen LogP contribution in [0.25, 0.3) is 0 Å². The second-order valence-electron chi connectivity index (χ2n) is 12.0. The van der Waals surface area contributed by atoms with Crippen LogP contribution in [0.3, 0.4) is 0 Å².